The first-order chi connectivity index (χ1) is 11.9. The van der Waals surface area contributed by atoms with Crippen LogP contribution in [0.1, 0.15) is 53.4 Å². The molecular formula is C18H37IN4O3. The molecule has 0 spiro atoms. The van der Waals surface area contributed by atoms with Crippen LogP contribution in [0.25, 0.3) is 0 Å². The number of halogens is 1. The summed E-state index contributed by atoms with van der Waals surface area (Å²) < 4.78 is 10.9. The summed E-state index contributed by atoms with van der Waals surface area (Å²) in [4.78, 5) is 18.5. The molecule has 1 unspecified atom stereocenters. The molecule has 0 aromatic carbocycles. The van der Waals surface area contributed by atoms with Gasteiger partial charge >= 0.3 is 6.09 Å². The van der Waals surface area contributed by atoms with Crippen molar-refractivity contribution in [2.45, 2.75) is 65.0 Å². The van der Waals surface area contributed by atoms with Crippen molar-refractivity contribution in [2.24, 2.45) is 4.99 Å². The van der Waals surface area contributed by atoms with E-state index < -0.39 is 5.60 Å². The van der Waals surface area contributed by atoms with Crippen molar-refractivity contribution in [1.29, 1.82) is 0 Å². The zero-order valence-corrected chi connectivity index (χ0v) is 19.3. The number of carbonyl (C=O) groups excluding carboxylic acids is 1. The molecule has 1 heterocycles. The zero-order chi connectivity index (χ0) is 18.7. The fourth-order valence-corrected chi connectivity index (χ4v) is 2.73. The third-order valence-electron chi connectivity index (χ3n) is 3.95. The molecule has 1 atom stereocenters. The SMILES string of the molecule is CCOCCCNC(=NC)NCC1CCCCN1C(=O)OC(C)(C)C.I. The molecule has 1 saturated heterocycles. The van der Waals surface area contributed by atoms with E-state index in [2.05, 4.69) is 15.6 Å². The summed E-state index contributed by atoms with van der Waals surface area (Å²) in [6, 6.07) is 0.130. The Morgan fingerprint density at radius 1 is 1.27 bits per heavy atom. The molecule has 1 rings (SSSR count). The minimum Gasteiger partial charge on any atom is -0.444 e. The van der Waals surface area contributed by atoms with Crippen LogP contribution in [0.15, 0.2) is 4.99 Å². The Bertz CT molecular complexity index is 427. The predicted molar refractivity (Wildman–Crippen MR) is 116 cm³/mol. The fourth-order valence-electron chi connectivity index (χ4n) is 2.73. The summed E-state index contributed by atoms with van der Waals surface area (Å²) in [6.45, 7) is 11.4. The Kier molecular flexibility index (Phi) is 13.0. The first kappa shape index (κ1) is 25.2. The number of nitrogens with one attached hydrogen (secondary N) is 2. The van der Waals surface area contributed by atoms with Gasteiger partial charge in [0.05, 0.1) is 6.04 Å². The van der Waals surface area contributed by atoms with E-state index in [-0.39, 0.29) is 36.1 Å². The van der Waals surface area contributed by atoms with Crippen LogP contribution in [-0.2, 0) is 9.47 Å². The lowest BCUT2D eigenvalue weighted by Crippen LogP contribution is -2.52. The quantitative estimate of drug-likeness (QED) is 0.252. The number of piperidine rings is 1. The molecule has 1 fully saturated rings. The molecule has 7 nitrogen and oxygen atoms in total. The van der Waals surface area contributed by atoms with Crippen molar-refractivity contribution in [2.75, 3.05) is 39.9 Å². The Morgan fingerprint density at radius 3 is 2.62 bits per heavy atom. The third-order valence-corrected chi connectivity index (χ3v) is 3.95. The van der Waals surface area contributed by atoms with Crippen molar-refractivity contribution in [1.82, 2.24) is 15.5 Å². The van der Waals surface area contributed by atoms with Crippen LogP contribution in [-0.4, -0.2) is 68.5 Å². The Morgan fingerprint density at radius 2 is 2.00 bits per heavy atom. The molecule has 1 aliphatic rings. The standard InChI is InChI=1S/C18H36N4O3.HI/c1-6-24-13-9-11-20-16(19-5)21-14-15-10-7-8-12-22(15)17(23)25-18(2,3)4;/h15H,6-14H2,1-5H3,(H2,19,20,21);1H. The second-order valence-corrected chi connectivity index (χ2v) is 7.25. The molecule has 0 saturated carbocycles. The van der Waals surface area contributed by atoms with Gasteiger partial charge in [0.15, 0.2) is 5.96 Å². The summed E-state index contributed by atoms with van der Waals surface area (Å²) in [7, 11) is 1.75. The maximum absolute atomic E-state index is 12.4. The van der Waals surface area contributed by atoms with Gasteiger partial charge in [-0.05, 0) is 53.4 Å². The summed E-state index contributed by atoms with van der Waals surface area (Å²) >= 11 is 0. The highest BCUT2D eigenvalue weighted by Crippen LogP contribution is 2.20. The van der Waals surface area contributed by atoms with Crippen molar-refractivity contribution >= 4 is 36.0 Å². The van der Waals surface area contributed by atoms with Gasteiger partial charge in [0.25, 0.3) is 0 Å². The number of nitrogens with zero attached hydrogens (tertiary/aromatic N) is 2. The Hall–Kier alpha value is -0.770. The van der Waals surface area contributed by atoms with Crippen molar-refractivity contribution in [3.05, 3.63) is 0 Å². The topological polar surface area (TPSA) is 75.2 Å². The van der Waals surface area contributed by atoms with Crippen LogP contribution in [0.5, 0.6) is 0 Å². The summed E-state index contributed by atoms with van der Waals surface area (Å²) in [6.07, 6.45) is 3.85. The van der Waals surface area contributed by atoms with Gasteiger partial charge in [0.1, 0.15) is 5.60 Å². The van der Waals surface area contributed by atoms with Crippen LogP contribution in [0.4, 0.5) is 4.79 Å². The number of ether oxygens (including phenoxy) is 2. The van der Waals surface area contributed by atoms with Crippen LogP contribution in [0.2, 0.25) is 0 Å². The monoisotopic (exact) mass is 484 g/mol. The smallest absolute Gasteiger partial charge is 0.410 e. The maximum Gasteiger partial charge on any atom is 0.410 e. The largest absolute Gasteiger partial charge is 0.444 e. The highest BCUT2D eigenvalue weighted by atomic mass is 127. The number of hydrogen-bond acceptors (Lipinski definition) is 4. The second kappa shape index (κ2) is 13.4. The molecule has 0 aliphatic carbocycles. The van der Waals surface area contributed by atoms with Gasteiger partial charge in [0, 0.05) is 39.9 Å². The number of hydrogen-bond donors (Lipinski definition) is 2. The lowest BCUT2D eigenvalue weighted by atomic mass is 10.0. The minimum atomic E-state index is -0.468. The van der Waals surface area contributed by atoms with Crippen molar-refractivity contribution in [3.8, 4) is 0 Å². The van der Waals surface area contributed by atoms with Gasteiger partial charge in [-0.15, -0.1) is 24.0 Å². The predicted octanol–water partition coefficient (Wildman–Crippen LogP) is 2.99. The van der Waals surface area contributed by atoms with Gasteiger partial charge in [-0.2, -0.15) is 0 Å². The van der Waals surface area contributed by atoms with E-state index in [1.807, 2.05) is 32.6 Å². The van der Waals surface area contributed by atoms with Gasteiger partial charge in [0.2, 0.25) is 0 Å². The van der Waals surface area contributed by atoms with E-state index in [4.69, 9.17) is 9.47 Å². The Labute approximate surface area is 175 Å². The number of likely N-dealkylation sites (tertiary alicyclic amines) is 1. The molecule has 0 aromatic rings. The molecule has 0 radical (unpaired) electrons. The van der Waals surface area contributed by atoms with Gasteiger partial charge in [-0.3, -0.25) is 4.99 Å². The highest BCUT2D eigenvalue weighted by Gasteiger charge is 2.30. The maximum atomic E-state index is 12.4. The van der Waals surface area contributed by atoms with Crippen LogP contribution >= 0.6 is 24.0 Å². The third kappa shape index (κ3) is 10.4. The van der Waals surface area contributed by atoms with Crippen molar-refractivity contribution in [3.63, 3.8) is 0 Å². The average Bonchev–Trinajstić information content (AvgIpc) is 2.56. The number of rotatable bonds is 7. The number of aliphatic imine (C=N–C) groups is 1. The van der Waals surface area contributed by atoms with Gasteiger partial charge in [-0.25, -0.2) is 4.79 Å². The molecule has 8 heteroatoms. The van der Waals surface area contributed by atoms with Crippen LogP contribution < -0.4 is 10.6 Å². The molecule has 0 bridgehead atoms. The lowest BCUT2D eigenvalue weighted by molar-refractivity contribution is 0.0104. The molecule has 0 aromatic heterocycles. The first-order valence-corrected chi connectivity index (χ1v) is 9.39. The Balaban J connectivity index is 0.00000625. The van der Waals surface area contributed by atoms with E-state index in [1.165, 1.54) is 0 Å². The van der Waals surface area contributed by atoms with Crippen LogP contribution in [0.3, 0.4) is 0 Å². The van der Waals surface area contributed by atoms with E-state index in [0.717, 1.165) is 57.9 Å². The highest BCUT2D eigenvalue weighted by molar-refractivity contribution is 14.0. The van der Waals surface area contributed by atoms with Gasteiger partial charge in [-0.1, -0.05) is 0 Å². The van der Waals surface area contributed by atoms with E-state index in [1.54, 1.807) is 7.05 Å². The normalized spacial score (nSPS) is 18.1. The molecule has 2 N–H and O–H groups in total. The molecule has 154 valence electrons. The summed E-state index contributed by atoms with van der Waals surface area (Å²) in [5, 5.41) is 6.60. The van der Waals surface area contributed by atoms with Gasteiger partial charge < -0.3 is 25.0 Å². The average molecular weight is 484 g/mol. The molecule has 1 aliphatic heterocycles. The fraction of sp³-hybridized carbons (Fsp3) is 0.889. The second-order valence-electron chi connectivity index (χ2n) is 7.25. The van der Waals surface area contributed by atoms with Crippen LogP contribution in [0, 0.1) is 0 Å². The van der Waals surface area contributed by atoms with E-state index in [9.17, 15) is 4.79 Å². The van der Waals surface area contributed by atoms with Crippen molar-refractivity contribution < 1.29 is 14.3 Å². The zero-order valence-electron chi connectivity index (χ0n) is 17.0. The molecular weight excluding hydrogens is 447 g/mol. The first-order valence-electron chi connectivity index (χ1n) is 9.39. The number of carbonyl (C=O) groups is 1. The molecule has 1 amide bonds. The van der Waals surface area contributed by atoms with E-state index in [0.29, 0.717) is 6.54 Å². The number of guanidine groups is 1. The summed E-state index contributed by atoms with van der Waals surface area (Å²) in [5.41, 5.74) is -0.468. The minimum absolute atomic E-state index is 0. The lowest BCUT2D eigenvalue weighted by Gasteiger charge is -2.37. The van der Waals surface area contributed by atoms with E-state index >= 15 is 0 Å². The summed E-state index contributed by atoms with van der Waals surface area (Å²) in [5.74, 6) is 0.756. The molecule has 26 heavy (non-hydrogen) atoms. The number of amides is 1.